The Labute approximate surface area is 175 Å². The summed E-state index contributed by atoms with van der Waals surface area (Å²) >= 11 is 1.10. The molecule has 30 heavy (non-hydrogen) atoms. The average molecular weight is 442 g/mol. The van der Waals surface area contributed by atoms with E-state index in [-0.39, 0.29) is 15.8 Å². The highest BCUT2D eigenvalue weighted by Crippen LogP contribution is 2.36. The number of halogens is 4. The molecule has 0 aliphatic heterocycles. The number of carbonyl (C=O) groups excluding carboxylic acids is 2. The molecule has 4 nitrogen and oxygen atoms in total. The molecule has 1 heterocycles. The van der Waals surface area contributed by atoms with E-state index in [1.165, 1.54) is 18.2 Å². The van der Waals surface area contributed by atoms with Gasteiger partial charge in [0.25, 0.3) is 0 Å². The molecular weight excluding hydrogens is 420 g/mol. The lowest BCUT2D eigenvalue weighted by molar-refractivity contribution is -0.171. The van der Waals surface area contributed by atoms with Gasteiger partial charge in [0, 0.05) is 15.8 Å². The van der Waals surface area contributed by atoms with Crippen molar-refractivity contribution >= 4 is 28.8 Å². The maximum Gasteiger partial charge on any atom is 0.471 e. The van der Waals surface area contributed by atoms with Crippen molar-refractivity contribution in [1.82, 2.24) is 5.32 Å². The first-order valence-corrected chi connectivity index (χ1v) is 10.5. The molecule has 1 N–H and O–H groups in total. The van der Waals surface area contributed by atoms with Crippen molar-refractivity contribution in [2.24, 2.45) is 0 Å². The number of rotatable bonds is 5. The number of nitrogens with one attached hydrogen (secondary N) is 1. The third kappa shape index (κ3) is 5.00. The van der Waals surface area contributed by atoms with Crippen LogP contribution in [-0.2, 0) is 9.59 Å². The minimum Gasteiger partial charge on any atom is -0.351 e. The number of hydrogen-bond donors (Lipinski definition) is 1. The summed E-state index contributed by atoms with van der Waals surface area (Å²) in [6.07, 6.45) is -0.992. The molecule has 2 amide bonds. The van der Waals surface area contributed by atoms with Gasteiger partial charge in [-0.1, -0.05) is 31.4 Å². The molecule has 1 saturated carbocycles. The van der Waals surface area contributed by atoms with E-state index in [0.717, 1.165) is 60.5 Å². The van der Waals surface area contributed by atoms with Gasteiger partial charge in [-0.3, -0.25) is 14.5 Å². The Balaban J connectivity index is 2.07. The Morgan fingerprint density at radius 3 is 2.33 bits per heavy atom. The number of hydrogen-bond acceptors (Lipinski definition) is 3. The maximum absolute atomic E-state index is 14.5. The van der Waals surface area contributed by atoms with Crippen LogP contribution in [0.25, 0.3) is 0 Å². The third-order valence-corrected chi connectivity index (χ3v) is 6.12. The summed E-state index contributed by atoms with van der Waals surface area (Å²) in [7, 11) is 0. The van der Waals surface area contributed by atoms with Crippen LogP contribution in [-0.4, -0.2) is 24.0 Å². The number of aryl methyl sites for hydroxylation is 1. The van der Waals surface area contributed by atoms with E-state index >= 15 is 0 Å². The number of anilines is 1. The van der Waals surface area contributed by atoms with E-state index < -0.39 is 35.5 Å². The second-order valence-corrected chi connectivity index (χ2v) is 8.64. The van der Waals surface area contributed by atoms with E-state index in [4.69, 9.17) is 0 Å². The van der Waals surface area contributed by atoms with Gasteiger partial charge in [0.05, 0.1) is 5.69 Å². The zero-order chi connectivity index (χ0) is 21.9. The molecule has 1 aliphatic rings. The lowest BCUT2D eigenvalue weighted by Crippen LogP contribution is -2.50. The molecule has 1 aromatic carbocycles. The van der Waals surface area contributed by atoms with Gasteiger partial charge in [0.15, 0.2) is 6.04 Å². The number of nitrogens with zero attached hydrogens (tertiary/aromatic N) is 1. The van der Waals surface area contributed by atoms with Gasteiger partial charge in [-0.05, 0) is 44.0 Å². The number of para-hydroxylation sites is 1. The molecule has 162 valence electrons. The topological polar surface area (TPSA) is 49.4 Å². The molecule has 9 heteroatoms. The lowest BCUT2D eigenvalue weighted by Gasteiger charge is -2.33. The maximum atomic E-state index is 14.5. The van der Waals surface area contributed by atoms with Gasteiger partial charge < -0.3 is 5.32 Å². The van der Waals surface area contributed by atoms with E-state index in [1.54, 1.807) is 13.0 Å². The predicted molar refractivity (Wildman–Crippen MR) is 107 cm³/mol. The van der Waals surface area contributed by atoms with Gasteiger partial charge in [-0.15, -0.1) is 11.3 Å². The molecule has 0 radical (unpaired) electrons. The highest BCUT2D eigenvalue weighted by Gasteiger charge is 2.48. The molecule has 0 spiro atoms. The van der Waals surface area contributed by atoms with E-state index in [1.807, 2.05) is 0 Å². The molecule has 0 saturated heterocycles. The lowest BCUT2D eigenvalue weighted by atomic mass is 9.95. The van der Waals surface area contributed by atoms with E-state index in [0.29, 0.717) is 0 Å². The first kappa shape index (κ1) is 22.3. The van der Waals surface area contributed by atoms with Crippen molar-refractivity contribution in [3.05, 3.63) is 52.0 Å². The molecule has 1 aromatic heterocycles. The fourth-order valence-electron chi connectivity index (χ4n) is 3.65. The van der Waals surface area contributed by atoms with Gasteiger partial charge >= 0.3 is 12.1 Å². The quantitative estimate of drug-likeness (QED) is 0.641. The van der Waals surface area contributed by atoms with Crippen molar-refractivity contribution in [2.75, 3.05) is 4.90 Å². The van der Waals surface area contributed by atoms with Crippen molar-refractivity contribution in [2.45, 2.75) is 57.3 Å². The molecule has 1 aliphatic carbocycles. The van der Waals surface area contributed by atoms with Crippen molar-refractivity contribution < 1.29 is 27.2 Å². The Morgan fingerprint density at radius 2 is 1.77 bits per heavy atom. The van der Waals surface area contributed by atoms with Gasteiger partial charge in [0.1, 0.15) is 5.82 Å². The highest BCUT2D eigenvalue weighted by molar-refractivity contribution is 7.12. The summed E-state index contributed by atoms with van der Waals surface area (Å²) in [5, 5.41) is 2.79. The zero-order valence-electron chi connectivity index (χ0n) is 16.3. The van der Waals surface area contributed by atoms with Crippen LogP contribution >= 0.6 is 11.3 Å². The smallest absolute Gasteiger partial charge is 0.351 e. The highest BCUT2D eigenvalue weighted by atomic mass is 32.1. The molecule has 1 unspecified atom stereocenters. The van der Waals surface area contributed by atoms with Crippen molar-refractivity contribution in [3.8, 4) is 0 Å². The Bertz CT molecular complexity index is 906. The fraction of sp³-hybridized carbons (Fsp3) is 0.429. The fourth-order valence-corrected chi connectivity index (χ4v) is 4.62. The minimum absolute atomic E-state index is 0.182. The predicted octanol–water partition coefficient (Wildman–Crippen LogP) is 5.28. The summed E-state index contributed by atoms with van der Waals surface area (Å²) in [6, 6.07) is 6.00. The molecule has 1 atom stereocenters. The number of alkyl halides is 3. The van der Waals surface area contributed by atoms with Crippen molar-refractivity contribution in [3.63, 3.8) is 0 Å². The normalized spacial score (nSPS) is 16.2. The van der Waals surface area contributed by atoms with Gasteiger partial charge in [-0.2, -0.15) is 13.2 Å². The first-order chi connectivity index (χ1) is 14.2. The van der Waals surface area contributed by atoms with Crippen LogP contribution in [0.1, 0.15) is 47.9 Å². The first-order valence-electron chi connectivity index (χ1n) is 9.70. The average Bonchev–Trinajstić information content (AvgIpc) is 3.12. The standard InChI is InChI=1S/C21H22F4N2O2S/c1-13-11-12-17(30-13)18(19(28)26-14-7-3-2-4-8-14)27(20(29)21(23,24)25)16-10-6-5-9-15(16)22/h5-6,9-12,14,18H,2-4,7-8H2,1H3,(H,26,28). The number of amides is 2. The van der Waals surface area contributed by atoms with Crippen molar-refractivity contribution in [1.29, 1.82) is 0 Å². The van der Waals surface area contributed by atoms with Crippen LogP contribution in [0.2, 0.25) is 0 Å². The Kier molecular flexibility index (Phi) is 6.80. The summed E-state index contributed by atoms with van der Waals surface area (Å²) in [4.78, 5) is 26.8. The minimum atomic E-state index is -5.28. The second-order valence-electron chi connectivity index (χ2n) is 7.32. The zero-order valence-corrected chi connectivity index (χ0v) is 17.2. The molecule has 1 fully saturated rings. The number of carbonyl (C=O) groups is 2. The van der Waals surface area contributed by atoms with E-state index in [9.17, 15) is 27.2 Å². The van der Waals surface area contributed by atoms with Crippen LogP contribution in [0.15, 0.2) is 36.4 Å². The number of benzene rings is 1. The molecular formula is C21H22F4N2O2S. The summed E-state index contributed by atoms with van der Waals surface area (Å²) in [5.74, 6) is -4.05. The largest absolute Gasteiger partial charge is 0.471 e. The van der Waals surface area contributed by atoms with Gasteiger partial charge in [0.2, 0.25) is 5.91 Å². The van der Waals surface area contributed by atoms with Crippen LogP contribution < -0.4 is 10.2 Å². The second kappa shape index (κ2) is 9.16. The third-order valence-electron chi connectivity index (χ3n) is 5.06. The van der Waals surface area contributed by atoms with Crippen LogP contribution in [0.5, 0.6) is 0 Å². The monoisotopic (exact) mass is 442 g/mol. The summed E-state index contributed by atoms with van der Waals surface area (Å²) in [5.41, 5.74) is -0.588. The number of thiophene rings is 1. The SMILES string of the molecule is Cc1ccc(C(C(=O)NC2CCCCC2)N(C(=O)C(F)(F)F)c2ccccc2F)s1. The molecule has 2 aromatic rings. The van der Waals surface area contributed by atoms with E-state index in [2.05, 4.69) is 5.32 Å². The molecule has 3 rings (SSSR count). The van der Waals surface area contributed by atoms with Crippen LogP contribution in [0, 0.1) is 12.7 Å². The molecule has 0 bridgehead atoms. The Hall–Kier alpha value is -2.42. The summed E-state index contributed by atoms with van der Waals surface area (Å²) < 4.78 is 54.9. The summed E-state index contributed by atoms with van der Waals surface area (Å²) in [6.45, 7) is 1.74. The van der Waals surface area contributed by atoms with Crippen LogP contribution in [0.4, 0.5) is 23.2 Å². The van der Waals surface area contributed by atoms with Crippen LogP contribution in [0.3, 0.4) is 0 Å². The van der Waals surface area contributed by atoms with Gasteiger partial charge in [-0.25, -0.2) is 4.39 Å². The Morgan fingerprint density at radius 1 is 1.10 bits per heavy atom.